The van der Waals surface area contributed by atoms with Gasteiger partial charge in [0, 0.05) is 41.6 Å². The second-order valence-corrected chi connectivity index (χ2v) is 8.86. The average Bonchev–Trinajstić information content (AvgIpc) is 2.85. The van der Waals surface area contributed by atoms with E-state index in [1.54, 1.807) is 0 Å². The molecule has 2 N–H and O–H groups in total. The molecule has 0 bridgehead atoms. The van der Waals surface area contributed by atoms with Gasteiger partial charge in [0.2, 0.25) is 0 Å². The van der Waals surface area contributed by atoms with E-state index in [0.29, 0.717) is 17.1 Å². The van der Waals surface area contributed by atoms with Gasteiger partial charge in [-0.2, -0.15) is 0 Å². The van der Waals surface area contributed by atoms with Crippen LogP contribution in [0.15, 0.2) is 66.7 Å². The van der Waals surface area contributed by atoms with Crippen LogP contribution in [0.5, 0.6) is 0 Å². The van der Waals surface area contributed by atoms with Gasteiger partial charge in [0.25, 0.3) is 5.91 Å². The third-order valence-corrected chi connectivity index (χ3v) is 6.23. The summed E-state index contributed by atoms with van der Waals surface area (Å²) in [6.07, 6.45) is 5.74. The average molecular weight is 464 g/mol. The molecule has 0 aliphatic carbocycles. The highest BCUT2D eigenvalue weighted by molar-refractivity contribution is 6.30. The Kier molecular flexibility index (Phi) is 8.34. The van der Waals surface area contributed by atoms with E-state index in [1.165, 1.54) is 19.3 Å². The molecule has 0 saturated carbocycles. The molecule has 172 valence electrons. The van der Waals surface area contributed by atoms with Crippen molar-refractivity contribution in [3.05, 3.63) is 77.3 Å². The number of unbranched alkanes of at least 4 members (excludes halogenated alkanes) is 1. The van der Waals surface area contributed by atoms with Gasteiger partial charge < -0.3 is 15.4 Å². The summed E-state index contributed by atoms with van der Waals surface area (Å²) in [6, 6.07) is 20.9. The number of ether oxygens (including phenoxy) is 1. The molecule has 3 aromatic rings. The summed E-state index contributed by atoms with van der Waals surface area (Å²) in [4.78, 5) is 17.1. The molecule has 0 radical (unpaired) electrons. The van der Waals surface area contributed by atoms with Crippen LogP contribution in [0.3, 0.4) is 0 Å². The molecule has 0 spiro atoms. The number of nitrogens with zero attached hydrogens (tertiary/aromatic N) is 1. The SMILES string of the molecule is O=C(NCCCCC1CCOCC1)c1ccc(Nc2cccc(-c3ccc(Cl)cc3)n2)cc1. The molecular formula is C27H30ClN3O2. The van der Waals surface area contributed by atoms with Crippen LogP contribution in [-0.2, 0) is 4.74 Å². The number of nitrogens with one attached hydrogen (secondary N) is 2. The number of pyridine rings is 1. The molecule has 1 aliphatic rings. The maximum absolute atomic E-state index is 12.4. The summed E-state index contributed by atoms with van der Waals surface area (Å²) >= 11 is 5.98. The van der Waals surface area contributed by atoms with Gasteiger partial charge in [-0.25, -0.2) is 4.98 Å². The lowest BCUT2D eigenvalue weighted by molar-refractivity contribution is 0.0631. The maximum atomic E-state index is 12.4. The molecule has 2 heterocycles. The molecule has 5 nitrogen and oxygen atoms in total. The molecule has 1 saturated heterocycles. The van der Waals surface area contributed by atoms with E-state index in [9.17, 15) is 4.79 Å². The van der Waals surface area contributed by atoms with Gasteiger partial charge in [0.1, 0.15) is 5.82 Å². The van der Waals surface area contributed by atoms with E-state index in [0.717, 1.165) is 54.7 Å². The lowest BCUT2D eigenvalue weighted by Gasteiger charge is -2.21. The Morgan fingerprint density at radius 2 is 1.73 bits per heavy atom. The van der Waals surface area contributed by atoms with Crippen LogP contribution in [0, 0.1) is 5.92 Å². The molecule has 4 rings (SSSR count). The molecule has 33 heavy (non-hydrogen) atoms. The van der Waals surface area contributed by atoms with E-state index in [-0.39, 0.29) is 5.91 Å². The topological polar surface area (TPSA) is 63.2 Å². The Morgan fingerprint density at radius 3 is 2.48 bits per heavy atom. The first-order valence-corrected chi connectivity index (χ1v) is 12.0. The number of carbonyl (C=O) groups excluding carboxylic acids is 1. The lowest BCUT2D eigenvalue weighted by Crippen LogP contribution is -2.24. The molecule has 1 aliphatic heterocycles. The zero-order valence-electron chi connectivity index (χ0n) is 18.7. The molecule has 6 heteroatoms. The third-order valence-electron chi connectivity index (χ3n) is 5.97. The number of hydrogen-bond acceptors (Lipinski definition) is 4. The van der Waals surface area contributed by atoms with Crippen molar-refractivity contribution >= 4 is 29.0 Å². The largest absolute Gasteiger partial charge is 0.381 e. The van der Waals surface area contributed by atoms with Gasteiger partial charge >= 0.3 is 0 Å². The van der Waals surface area contributed by atoms with Crippen molar-refractivity contribution in [1.82, 2.24) is 10.3 Å². The second-order valence-electron chi connectivity index (χ2n) is 8.42. The highest BCUT2D eigenvalue weighted by atomic mass is 35.5. The molecule has 1 aromatic heterocycles. The van der Waals surface area contributed by atoms with E-state index < -0.39 is 0 Å². The maximum Gasteiger partial charge on any atom is 0.251 e. The van der Waals surface area contributed by atoms with Crippen molar-refractivity contribution in [2.24, 2.45) is 5.92 Å². The number of carbonyl (C=O) groups is 1. The number of rotatable bonds is 9. The summed E-state index contributed by atoms with van der Waals surface area (Å²) < 4.78 is 5.41. The molecule has 1 amide bonds. The van der Waals surface area contributed by atoms with Crippen LogP contribution in [-0.4, -0.2) is 30.6 Å². The fourth-order valence-electron chi connectivity index (χ4n) is 4.04. The Balaban J connectivity index is 1.24. The smallest absolute Gasteiger partial charge is 0.251 e. The highest BCUT2D eigenvalue weighted by Crippen LogP contribution is 2.23. The summed E-state index contributed by atoms with van der Waals surface area (Å²) in [5, 5.41) is 7.04. The van der Waals surface area contributed by atoms with Gasteiger partial charge in [0.15, 0.2) is 0 Å². The van der Waals surface area contributed by atoms with Crippen molar-refractivity contribution in [1.29, 1.82) is 0 Å². The normalized spacial score (nSPS) is 14.1. The van der Waals surface area contributed by atoms with E-state index in [2.05, 4.69) is 15.6 Å². The Hall–Kier alpha value is -2.89. The number of benzene rings is 2. The van der Waals surface area contributed by atoms with Gasteiger partial charge in [-0.15, -0.1) is 0 Å². The molecular weight excluding hydrogens is 434 g/mol. The molecule has 2 aromatic carbocycles. The minimum absolute atomic E-state index is 0.0320. The molecule has 0 unspecified atom stereocenters. The number of hydrogen-bond donors (Lipinski definition) is 2. The van der Waals surface area contributed by atoms with Crippen molar-refractivity contribution < 1.29 is 9.53 Å². The quantitative estimate of drug-likeness (QED) is 0.357. The summed E-state index contributed by atoms with van der Waals surface area (Å²) in [7, 11) is 0. The monoisotopic (exact) mass is 463 g/mol. The Bertz CT molecular complexity index is 1030. The van der Waals surface area contributed by atoms with Crippen LogP contribution >= 0.6 is 11.6 Å². The van der Waals surface area contributed by atoms with Crippen LogP contribution in [0.25, 0.3) is 11.3 Å². The lowest BCUT2D eigenvalue weighted by atomic mass is 9.94. The minimum Gasteiger partial charge on any atom is -0.381 e. The first-order valence-electron chi connectivity index (χ1n) is 11.6. The van der Waals surface area contributed by atoms with Crippen LogP contribution < -0.4 is 10.6 Å². The summed E-state index contributed by atoms with van der Waals surface area (Å²) in [5.41, 5.74) is 3.41. The van der Waals surface area contributed by atoms with Gasteiger partial charge in [-0.05, 0) is 73.7 Å². The first kappa shape index (κ1) is 23.3. The number of anilines is 2. The minimum atomic E-state index is -0.0320. The fourth-order valence-corrected chi connectivity index (χ4v) is 4.16. The zero-order valence-corrected chi connectivity index (χ0v) is 19.5. The number of halogens is 1. The summed E-state index contributed by atoms with van der Waals surface area (Å²) in [6.45, 7) is 2.51. The van der Waals surface area contributed by atoms with E-state index in [1.807, 2.05) is 66.7 Å². The highest BCUT2D eigenvalue weighted by Gasteiger charge is 2.13. The Morgan fingerprint density at radius 1 is 0.970 bits per heavy atom. The van der Waals surface area contributed by atoms with Crippen molar-refractivity contribution in [3.63, 3.8) is 0 Å². The van der Waals surface area contributed by atoms with Crippen molar-refractivity contribution in [3.8, 4) is 11.3 Å². The van der Waals surface area contributed by atoms with Crippen molar-refractivity contribution in [2.45, 2.75) is 32.1 Å². The predicted octanol–water partition coefficient (Wildman–Crippen LogP) is 6.47. The van der Waals surface area contributed by atoms with Crippen LogP contribution in [0.2, 0.25) is 5.02 Å². The van der Waals surface area contributed by atoms with Crippen molar-refractivity contribution in [2.75, 3.05) is 25.1 Å². The van der Waals surface area contributed by atoms with Gasteiger partial charge in [-0.1, -0.05) is 42.6 Å². The summed E-state index contributed by atoms with van der Waals surface area (Å²) in [5.74, 6) is 1.50. The Labute approximate surface area is 200 Å². The second kappa shape index (κ2) is 11.8. The molecule has 1 fully saturated rings. The standard InChI is InChI=1S/C27H30ClN3O2/c28-23-11-7-21(8-12-23)25-5-3-6-26(31-25)30-24-13-9-22(10-14-24)27(32)29-17-2-1-4-20-15-18-33-19-16-20/h3,5-14,20H,1-2,4,15-19H2,(H,29,32)(H,30,31). The number of aromatic nitrogens is 1. The predicted molar refractivity (Wildman–Crippen MR) is 134 cm³/mol. The van der Waals surface area contributed by atoms with Gasteiger partial charge in [0.05, 0.1) is 5.69 Å². The van der Waals surface area contributed by atoms with Gasteiger partial charge in [-0.3, -0.25) is 4.79 Å². The van der Waals surface area contributed by atoms with E-state index >= 15 is 0 Å². The third kappa shape index (κ3) is 7.04. The number of amides is 1. The molecule has 0 atom stereocenters. The van der Waals surface area contributed by atoms with E-state index in [4.69, 9.17) is 16.3 Å². The zero-order chi connectivity index (χ0) is 22.9. The van der Waals surface area contributed by atoms with Crippen LogP contribution in [0.4, 0.5) is 11.5 Å². The first-order chi connectivity index (χ1) is 16.2. The fraction of sp³-hybridized carbons (Fsp3) is 0.333. The van der Waals surface area contributed by atoms with Crippen LogP contribution in [0.1, 0.15) is 42.5 Å².